The Morgan fingerprint density at radius 1 is 1.23 bits per heavy atom. The normalized spacial score (nSPS) is 21.8. The van der Waals surface area contributed by atoms with Crippen molar-refractivity contribution in [2.75, 3.05) is 48.8 Å². The van der Waals surface area contributed by atoms with Crippen LogP contribution in [0.15, 0.2) is 24.4 Å². The van der Waals surface area contributed by atoms with Gasteiger partial charge in [-0.3, -0.25) is 4.79 Å². The van der Waals surface area contributed by atoms with Crippen LogP contribution in [0.3, 0.4) is 0 Å². The number of piperazine rings is 1. The number of nitrogens with one attached hydrogen (secondary N) is 2. The number of benzene rings is 1. The van der Waals surface area contributed by atoms with Crippen LogP contribution < -0.4 is 15.5 Å². The Hall–Kier alpha value is -2.94. The van der Waals surface area contributed by atoms with Crippen LogP contribution >= 0.6 is 0 Å². The SMILES string of the molecule is Cc1cc(Nc2ncc(F)c(N[C@H]3CCC(C(=O)O)C3)n2)ccc1N1CCN(C)CC1. The van der Waals surface area contributed by atoms with Gasteiger partial charge in [0, 0.05) is 43.6 Å². The number of nitrogens with zero attached hydrogens (tertiary/aromatic N) is 4. The van der Waals surface area contributed by atoms with E-state index in [0.29, 0.717) is 25.2 Å². The van der Waals surface area contributed by atoms with Gasteiger partial charge in [-0.1, -0.05) is 0 Å². The summed E-state index contributed by atoms with van der Waals surface area (Å²) in [7, 11) is 2.14. The quantitative estimate of drug-likeness (QED) is 0.646. The van der Waals surface area contributed by atoms with Crippen LogP contribution in [-0.4, -0.2) is 65.2 Å². The molecule has 1 unspecified atom stereocenters. The molecule has 2 aliphatic rings. The largest absolute Gasteiger partial charge is 0.481 e. The summed E-state index contributed by atoms with van der Waals surface area (Å²) in [6, 6.07) is 6.01. The summed E-state index contributed by atoms with van der Waals surface area (Å²) in [5, 5.41) is 15.4. The predicted octanol–water partition coefficient (Wildman–Crippen LogP) is 3.08. The van der Waals surface area contributed by atoms with Gasteiger partial charge in [0.15, 0.2) is 11.6 Å². The number of aryl methyl sites for hydroxylation is 1. The summed E-state index contributed by atoms with van der Waals surface area (Å²) >= 11 is 0. The molecule has 1 aromatic carbocycles. The van der Waals surface area contributed by atoms with Crippen molar-refractivity contribution in [2.45, 2.75) is 32.2 Å². The fourth-order valence-corrected chi connectivity index (χ4v) is 4.32. The van der Waals surface area contributed by atoms with Crippen molar-refractivity contribution in [3.8, 4) is 0 Å². The Balaban J connectivity index is 1.43. The fourth-order valence-electron chi connectivity index (χ4n) is 4.32. The van der Waals surface area contributed by atoms with Gasteiger partial charge in [-0.25, -0.2) is 9.37 Å². The maximum Gasteiger partial charge on any atom is 0.306 e. The second-order valence-corrected chi connectivity index (χ2v) is 8.50. The predicted molar refractivity (Wildman–Crippen MR) is 119 cm³/mol. The number of hydrogen-bond donors (Lipinski definition) is 3. The van der Waals surface area contributed by atoms with Crippen LogP contribution in [-0.2, 0) is 4.79 Å². The fraction of sp³-hybridized carbons (Fsp3) is 0.500. The lowest BCUT2D eigenvalue weighted by molar-refractivity contribution is -0.141. The number of aliphatic carboxylic acids is 1. The monoisotopic (exact) mass is 428 g/mol. The minimum absolute atomic E-state index is 0.0966. The minimum atomic E-state index is -0.801. The summed E-state index contributed by atoms with van der Waals surface area (Å²) in [5.41, 5.74) is 3.20. The van der Waals surface area contributed by atoms with E-state index in [9.17, 15) is 9.18 Å². The second-order valence-electron chi connectivity index (χ2n) is 8.50. The molecule has 1 aromatic heterocycles. The first-order chi connectivity index (χ1) is 14.9. The highest BCUT2D eigenvalue weighted by molar-refractivity contribution is 5.70. The van der Waals surface area contributed by atoms with Crippen LogP contribution in [0.25, 0.3) is 0 Å². The minimum Gasteiger partial charge on any atom is -0.481 e. The van der Waals surface area contributed by atoms with Crippen molar-refractivity contribution >= 4 is 29.1 Å². The first-order valence-corrected chi connectivity index (χ1v) is 10.7. The molecule has 2 aromatic rings. The standard InChI is InChI=1S/C22H29FN6O2/c1-14-11-16(5-6-19(14)29-9-7-28(2)8-10-29)26-22-24-13-18(23)20(27-22)25-17-4-3-15(12-17)21(30)31/h5-6,11,13,15,17H,3-4,7-10,12H2,1-2H3,(H,30,31)(H2,24,25,26,27)/t15?,17-/m0/s1. The highest BCUT2D eigenvalue weighted by atomic mass is 19.1. The first-order valence-electron chi connectivity index (χ1n) is 10.7. The topological polar surface area (TPSA) is 93.6 Å². The lowest BCUT2D eigenvalue weighted by Crippen LogP contribution is -2.44. The average Bonchev–Trinajstić information content (AvgIpc) is 3.21. The van der Waals surface area contributed by atoms with Crippen LogP contribution in [0.4, 0.5) is 27.5 Å². The van der Waals surface area contributed by atoms with Crippen molar-refractivity contribution in [1.82, 2.24) is 14.9 Å². The molecule has 3 N–H and O–H groups in total. The van der Waals surface area contributed by atoms with E-state index in [0.717, 1.165) is 43.6 Å². The number of aromatic nitrogens is 2. The van der Waals surface area contributed by atoms with E-state index in [1.54, 1.807) is 0 Å². The van der Waals surface area contributed by atoms with Gasteiger partial charge in [0.2, 0.25) is 5.95 Å². The molecule has 1 aliphatic carbocycles. The molecule has 9 heteroatoms. The average molecular weight is 429 g/mol. The third-order valence-corrected chi connectivity index (χ3v) is 6.16. The number of carboxylic acids is 1. The smallest absolute Gasteiger partial charge is 0.306 e. The van der Waals surface area contributed by atoms with Crippen LogP contribution in [0.5, 0.6) is 0 Å². The number of likely N-dealkylation sites (N-methyl/N-ethyl adjacent to an activating group) is 1. The summed E-state index contributed by atoms with van der Waals surface area (Å²) in [4.78, 5) is 24.2. The van der Waals surface area contributed by atoms with E-state index < -0.39 is 11.8 Å². The number of carboxylic acid groups (broad SMARTS) is 1. The summed E-state index contributed by atoms with van der Waals surface area (Å²) < 4.78 is 14.2. The molecule has 1 saturated carbocycles. The molecule has 2 heterocycles. The van der Waals surface area contributed by atoms with Gasteiger partial charge in [-0.05, 0) is 57.0 Å². The molecule has 166 valence electrons. The van der Waals surface area contributed by atoms with Gasteiger partial charge in [-0.15, -0.1) is 0 Å². The van der Waals surface area contributed by atoms with E-state index in [1.165, 1.54) is 5.69 Å². The maximum atomic E-state index is 14.2. The summed E-state index contributed by atoms with van der Waals surface area (Å²) in [6.45, 7) is 6.18. The molecule has 0 spiro atoms. The second kappa shape index (κ2) is 9.05. The molecule has 1 saturated heterocycles. The molecule has 4 rings (SSSR count). The number of halogens is 1. The molecular formula is C22H29FN6O2. The third kappa shape index (κ3) is 5.04. The van der Waals surface area contributed by atoms with Crippen LogP contribution in [0.1, 0.15) is 24.8 Å². The molecule has 2 fully saturated rings. The molecule has 1 aliphatic heterocycles. The Bertz CT molecular complexity index is 948. The van der Waals surface area contributed by atoms with Gasteiger partial charge >= 0.3 is 5.97 Å². The van der Waals surface area contributed by atoms with Crippen molar-refractivity contribution in [1.29, 1.82) is 0 Å². The van der Waals surface area contributed by atoms with Gasteiger partial charge < -0.3 is 25.5 Å². The van der Waals surface area contributed by atoms with E-state index in [1.807, 2.05) is 12.1 Å². The zero-order valence-electron chi connectivity index (χ0n) is 17.9. The molecule has 0 amide bonds. The molecule has 0 radical (unpaired) electrons. The van der Waals surface area contributed by atoms with Gasteiger partial charge in [0.25, 0.3) is 0 Å². The highest BCUT2D eigenvalue weighted by Crippen LogP contribution is 2.29. The van der Waals surface area contributed by atoms with Crippen LogP contribution in [0.2, 0.25) is 0 Å². The molecular weight excluding hydrogens is 399 g/mol. The van der Waals surface area contributed by atoms with Gasteiger partial charge in [-0.2, -0.15) is 4.98 Å². The summed E-state index contributed by atoms with van der Waals surface area (Å²) in [6.07, 6.45) is 2.86. The zero-order chi connectivity index (χ0) is 22.0. The van der Waals surface area contributed by atoms with Crippen molar-refractivity contribution in [3.63, 3.8) is 0 Å². The number of anilines is 4. The number of carbonyl (C=O) groups is 1. The lowest BCUT2D eigenvalue weighted by atomic mass is 10.1. The molecule has 2 atom stereocenters. The lowest BCUT2D eigenvalue weighted by Gasteiger charge is -2.35. The van der Waals surface area contributed by atoms with Crippen LogP contribution in [0, 0.1) is 18.7 Å². The van der Waals surface area contributed by atoms with Gasteiger partial charge in [0.05, 0.1) is 12.1 Å². The van der Waals surface area contributed by atoms with Crippen molar-refractivity contribution in [2.24, 2.45) is 5.92 Å². The first kappa shape index (κ1) is 21.3. The Labute approximate surface area is 181 Å². The number of rotatable bonds is 6. The molecule has 0 bridgehead atoms. The van der Waals surface area contributed by atoms with Crippen molar-refractivity contribution in [3.05, 3.63) is 35.8 Å². The summed E-state index contributed by atoms with van der Waals surface area (Å²) in [5.74, 6) is -1.35. The number of hydrogen-bond acceptors (Lipinski definition) is 7. The Morgan fingerprint density at radius 2 is 2.00 bits per heavy atom. The Morgan fingerprint density at radius 3 is 2.68 bits per heavy atom. The third-order valence-electron chi connectivity index (χ3n) is 6.16. The van der Waals surface area contributed by atoms with E-state index >= 15 is 0 Å². The zero-order valence-corrected chi connectivity index (χ0v) is 17.9. The van der Waals surface area contributed by atoms with Gasteiger partial charge in [0.1, 0.15) is 0 Å². The van der Waals surface area contributed by atoms with E-state index in [2.05, 4.69) is 50.4 Å². The molecule has 31 heavy (non-hydrogen) atoms. The molecule has 8 nitrogen and oxygen atoms in total. The van der Waals surface area contributed by atoms with E-state index in [-0.39, 0.29) is 17.8 Å². The Kier molecular flexibility index (Phi) is 6.22. The highest BCUT2D eigenvalue weighted by Gasteiger charge is 2.30. The maximum absolute atomic E-state index is 14.2. The van der Waals surface area contributed by atoms with Crippen molar-refractivity contribution < 1.29 is 14.3 Å². The van der Waals surface area contributed by atoms with E-state index in [4.69, 9.17) is 5.11 Å².